The van der Waals surface area contributed by atoms with Crippen molar-refractivity contribution in [3.05, 3.63) is 47.3 Å². The molecule has 0 bridgehead atoms. The second-order valence-corrected chi connectivity index (χ2v) is 7.88. The zero-order valence-corrected chi connectivity index (χ0v) is 16.1. The van der Waals surface area contributed by atoms with E-state index < -0.39 is 5.56 Å². The Labute approximate surface area is 167 Å². The third kappa shape index (κ3) is 4.60. The van der Waals surface area contributed by atoms with E-state index in [1.54, 1.807) is 24.5 Å². The number of rotatable bonds is 5. The average Bonchev–Trinajstić information content (AvgIpc) is 3.04. The number of amides is 1. The quantitative estimate of drug-likeness (QED) is 0.654. The van der Waals surface area contributed by atoms with E-state index in [9.17, 15) is 9.90 Å². The molecule has 2 aromatic heterocycles. The number of piperidine rings is 1. The van der Waals surface area contributed by atoms with Crippen LogP contribution in [-0.4, -0.2) is 51.2 Å². The number of nitrogens with zero attached hydrogens (tertiary/aromatic N) is 4. The molecule has 0 radical (unpaired) electrons. The summed E-state index contributed by atoms with van der Waals surface area (Å²) in [7, 11) is 0. The highest BCUT2D eigenvalue weighted by Gasteiger charge is 2.25. The third-order valence-electron chi connectivity index (χ3n) is 4.79. The maximum atomic E-state index is 11.8. The van der Waals surface area contributed by atoms with Gasteiger partial charge in [0.15, 0.2) is 5.56 Å². The van der Waals surface area contributed by atoms with Crippen molar-refractivity contribution in [1.29, 1.82) is 0 Å². The Bertz CT molecular complexity index is 855. The minimum atomic E-state index is -0.890. The van der Waals surface area contributed by atoms with Crippen LogP contribution in [0, 0.1) is 5.92 Å². The summed E-state index contributed by atoms with van der Waals surface area (Å²) in [5.41, 5.74) is -0.227. The highest BCUT2D eigenvalue weighted by molar-refractivity contribution is 8.05. The van der Waals surface area contributed by atoms with Crippen molar-refractivity contribution in [1.82, 2.24) is 20.3 Å². The van der Waals surface area contributed by atoms with Gasteiger partial charge in [-0.15, -0.1) is 0 Å². The minimum absolute atomic E-state index is 0.279. The summed E-state index contributed by atoms with van der Waals surface area (Å²) in [5.74, 6) is 1.89. The topological polar surface area (TPSA) is 103 Å². The maximum absolute atomic E-state index is 11.8. The van der Waals surface area contributed by atoms with Crippen LogP contribution < -0.4 is 15.5 Å². The van der Waals surface area contributed by atoms with Crippen molar-refractivity contribution in [2.45, 2.75) is 18.4 Å². The maximum Gasteiger partial charge on any atom is 0.260 e. The summed E-state index contributed by atoms with van der Waals surface area (Å²) in [6.07, 6.45) is 7.29. The van der Waals surface area contributed by atoms with Crippen molar-refractivity contribution < 1.29 is 9.90 Å². The first-order valence-electron chi connectivity index (χ1n) is 9.27. The number of aliphatic hydroxyl groups is 1. The molecule has 0 saturated carbocycles. The summed E-state index contributed by atoms with van der Waals surface area (Å²) in [4.78, 5) is 27.6. The predicted octanol–water partition coefficient (Wildman–Crippen LogP) is 1.68. The summed E-state index contributed by atoms with van der Waals surface area (Å²) >= 11 is 1.08. The molecule has 0 aromatic carbocycles. The van der Waals surface area contributed by atoms with Gasteiger partial charge in [0.05, 0.1) is 10.6 Å². The first kappa shape index (κ1) is 18.7. The predicted molar refractivity (Wildman–Crippen MR) is 109 cm³/mol. The summed E-state index contributed by atoms with van der Waals surface area (Å²) in [6.45, 7) is 2.69. The number of aliphatic hydroxyl groups excluding tert-OH is 1. The molecule has 0 aliphatic carbocycles. The highest BCUT2D eigenvalue weighted by Crippen LogP contribution is 2.28. The Morgan fingerprint density at radius 3 is 2.82 bits per heavy atom. The van der Waals surface area contributed by atoms with Gasteiger partial charge in [0, 0.05) is 32.0 Å². The van der Waals surface area contributed by atoms with E-state index in [1.807, 2.05) is 18.2 Å². The van der Waals surface area contributed by atoms with Crippen LogP contribution in [0.15, 0.2) is 41.6 Å². The van der Waals surface area contributed by atoms with Crippen molar-refractivity contribution in [3.63, 3.8) is 0 Å². The molecule has 2 fully saturated rings. The standard InChI is InChI=1S/C19H22N6O2S/c26-17-15(28-19(27)24-17)11-14-4-8-21-18(23-14)25-9-5-13(6-10-25)12-22-16-3-1-2-7-20-16/h1-4,7-8,11,13,19,27H,5-6,9-10,12H2,(H,20,22)(H,24,26)/b15-11-. The van der Waals surface area contributed by atoms with Gasteiger partial charge in [-0.25, -0.2) is 15.0 Å². The Balaban J connectivity index is 1.33. The van der Waals surface area contributed by atoms with Crippen molar-refractivity contribution in [2.75, 3.05) is 29.9 Å². The largest absolute Gasteiger partial charge is 0.370 e. The summed E-state index contributed by atoms with van der Waals surface area (Å²) in [6, 6.07) is 7.63. The molecule has 2 aliphatic heterocycles. The lowest BCUT2D eigenvalue weighted by Crippen LogP contribution is -2.37. The molecule has 2 saturated heterocycles. The van der Waals surface area contributed by atoms with Gasteiger partial charge in [-0.2, -0.15) is 0 Å². The molecule has 2 aliphatic rings. The van der Waals surface area contributed by atoms with Crippen molar-refractivity contribution >= 4 is 35.5 Å². The second-order valence-electron chi connectivity index (χ2n) is 6.76. The van der Waals surface area contributed by atoms with Crippen LogP contribution in [0.4, 0.5) is 11.8 Å². The second kappa shape index (κ2) is 8.57. The number of anilines is 2. The van der Waals surface area contributed by atoms with Gasteiger partial charge < -0.3 is 20.6 Å². The number of aromatic nitrogens is 3. The van der Waals surface area contributed by atoms with E-state index in [0.717, 1.165) is 50.1 Å². The number of hydrogen-bond donors (Lipinski definition) is 3. The van der Waals surface area contributed by atoms with Gasteiger partial charge in [-0.1, -0.05) is 17.8 Å². The zero-order valence-electron chi connectivity index (χ0n) is 15.3. The summed E-state index contributed by atoms with van der Waals surface area (Å²) < 4.78 is 0. The lowest BCUT2D eigenvalue weighted by atomic mass is 9.97. The van der Waals surface area contributed by atoms with Crippen LogP contribution in [0.5, 0.6) is 0 Å². The van der Waals surface area contributed by atoms with Crippen LogP contribution in [0.1, 0.15) is 18.5 Å². The SMILES string of the molecule is O=C1NC(O)S/C1=C\c1ccnc(N2CCC(CNc3ccccn3)CC2)n1. The number of carbonyl (C=O) groups is 1. The molecule has 0 spiro atoms. The van der Waals surface area contributed by atoms with E-state index in [-0.39, 0.29) is 5.91 Å². The van der Waals surface area contributed by atoms with E-state index >= 15 is 0 Å². The Kier molecular flexibility index (Phi) is 5.73. The minimum Gasteiger partial charge on any atom is -0.370 e. The number of carbonyl (C=O) groups excluding carboxylic acids is 1. The van der Waals surface area contributed by atoms with E-state index in [2.05, 4.69) is 30.5 Å². The summed E-state index contributed by atoms with van der Waals surface area (Å²) in [5, 5.41) is 15.3. The van der Waals surface area contributed by atoms with E-state index in [4.69, 9.17) is 0 Å². The zero-order chi connectivity index (χ0) is 19.3. The number of pyridine rings is 1. The van der Waals surface area contributed by atoms with E-state index in [1.165, 1.54) is 0 Å². The first-order chi connectivity index (χ1) is 13.7. The van der Waals surface area contributed by atoms with Crippen LogP contribution in [0.2, 0.25) is 0 Å². The smallest absolute Gasteiger partial charge is 0.260 e. The van der Waals surface area contributed by atoms with Crippen LogP contribution >= 0.6 is 11.8 Å². The molecule has 1 unspecified atom stereocenters. The lowest BCUT2D eigenvalue weighted by Gasteiger charge is -2.32. The molecule has 2 aromatic rings. The molecule has 3 N–H and O–H groups in total. The number of hydrogen-bond acceptors (Lipinski definition) is 8. The number of nitrogens with one attached hydrogen (secondary N) is 2. The molecular weight excluding hydrogens is 376 g/mol. The van der Waals surface area contributed by atoms with Crippen molar-refractivity contribution in [3.8, 4) is 0 Å². The first-order valence-corrected chi connectivity index (χ1v) is 10.2. The van der Waals surface area contributed by atoms with Crippen LogP contribution in [0.3, 0.4) is 0 Å². The fourth-order valence-electron chi connectivity index (χ4n) is 3.27. The van der Waals surface area contributed by atoms with E-state index in [0.29, 0.717) is 22.5 Å². The molecule has 8 nitrogen and oxygen atoms in total. The molecule has 9 heteroatoms. The van der Waals surface area contributed by atoms with Gasteiger partial charge in [-0.05, 0) is 43.0 Å². The Hall–Kier alpha value is -2.65. The molecular formula is C19H22N6O2S. The fraction of sp³-hybridized carbons (Fsp3) is 0.368. The molecule has 1 amide bonds. The van der Waals surface area contributed by atoms with Gasteiger partial charge in [0.25, 0.3) is 5.91 Å². The molecule has 28 heavy (non-hydrogen) atoms. The normalized spacial score (nSPS) is 21.8. The molecule has 146 valence electrons. The van der Waals surface area contributed by atoms with Crippen LogP contribution in [-0.2, 0) is 4.79 Å². The Morgan fingerprint density at radius 1 is 1.25 bits per heavy atom. The molecule has 1 atom stereocenters. The van der Waals surface area contributed by atoms with Gasteiger partial charge in [0.2, 0.25) is 5.95 Å². The van der Waals surface area contributed by atoms with Gasteiger partial charge in [0.1, 0.15) is 5.82 Å². The van der Waals surface area contributed by atoms with Gasteiger partial charge >= 0.3 is 0 Å². The average molecular weight is 398 g/mol. The Morgan fingerprint density at radius 2 is 2.11 bits per heavy atom. The third-order valence-corrected chi connectivity index (χ3v) is 5.69. The van der Waals surface area contributed by atoms with Gasteiger partial charge in [-0.3, -0.25) is 4.79 Å². The monoisotopic (exact) mass is 398 g/mol. The lowest BCUT2D eigenvalue weighted by molar-refractivity contribution is -0.117. The van der Waals surface area contributed by atoms with Crippen molar-refractivity contribution in [2.24, 2.45) is 5.92 Å². The highest BCUT2D eigenvalue weighted by atomic mass is 32.2. The molecule has 4 rings (SSSR count). The molecule has 4 heterocycles. The number of thioether (sulfide) groups is 1. The fourth-order valence-corrected chi connectivity index (χ4v) is 4.03. The van der Waals surface area contributed by atoms with Crippen LogP contribution in [0.25, 0.3) is 6.08 Å².